The molecule has 1 fully saturated rings. The first kappa shape index (κ1) is 22.6. The van der Waals surface area contributed by atoms with Gasteiger partial charge in [-0.15, -0.1) is 0 Å². The van der Waals surface area contributed by atoms with Gasteiger partial charge in [0.05, 0.1) is 12.4 Å². The van der Waals surface area contributed by atoms with E-state index in [-0.39, 0.29) is 0 Å². The lowest BCUT2D eigenvalue weighted by atomic mass is 10.0. The van der Waals surface area contributed by atoms with Gasteiger partial charge in [-0.1, -0.05) is 29.8 Å². The number of sulfone groups is 1. The molecule has 0 aliphatic carbocycles. The zero-order valence-corrected chi connectivity index (χ0v) is 18.2. The molecule has 0 saturated carbocycles. The minimum absolute atomic E-state index is 0.328. The van der Waals surface area contributed by atoms with Gasteiger partial charge in [0.25, 0.3) is 0 Å². The Balaban J connectivity index is 2.14. The summed E-state index contributed by atoms with van der Waals surface area (Å²) in [6, 6.07) is 6.40. The van der Waals surface area contributed by atoms with Crippen LogP contribution in [0.15, 0.2) is 24.3 Å². The van der Waals surface area contributed by atoms with E-state index in [1.807, 2.05) is 4.90 Å². The molecule has 1 aliphatic heterocycles. The van der Waals surface area contributed by atoms with E-state index in [1.54, 1.807) is 43.0 Å². The van der Waals surface area contributed by atoms with Gasteiger partial charge >= 0.3 is 5.97 Å². The maximum absolute atomic E-state index is 12.7. The molecule has 28 heavy (non-hydrogen) atoms. The molecule has 2 unspecified atom stereocenters. The predicted octanol–water partition coefficient (Wildman–Crippen LogP) is 1.91. The number of methoxy groups -OCH3 is 1. The van der Waals surface area contributed by atoms with Crippen molar-refractivity contribution in [1.82, 2.24) is 9.80 Å². The molecule has 1 amide bonds. The average Bonchev–Trinajstić information content (AvgIpc) is 2.68. The molecule has 0 radical (unpaired) electrons. The number of amides is 1. The van der Waals surface area contributed by atoms with Crippen LogP contribution in [-0.4, -0.2) is 73.9 Å². The lowest BCUT2D eigenvalue weighted by molar-refractivity contribution is -0.148. The summed E-state index contributed by atoms with van der Waals surface area (Å²) in [5, 5.41) is -1.23. The third-order valence-electron chi connectivity index (χ3n) is 5.11. The third kappa shape index (κ3) is 4.67. The van der Waals surface area contributed by atoms with E-state index < -0.39 is 38.3 Å². The quantitative estimate of drug-likeness (QED) is 0.641. The number of nitrogens with zero attached hydrogens (tertiary/aromatic N) is 2. The first-order chi connectivity index (χ1) is 13.1. The SMILES string of the molecule is COC(=O)C(c1ccccc1Cl)N1CCN(C(=O)C(C)S(=O)(=O)C(C)C)CC1. The van der Waals surface area contributed by atoms with Crippen molar-refractivity contribution in [2.24, 2.45) is 0 Å². The molecule has 2 atom stereocenters. The minimum atomic E-state index is -3.52. The van der Waals surface area contributed by atoms with Gasteiger partial charge in [0.15, 0.2) is 9.84 Å². The van der Waals surface area contributed by atoms with Gasteiger partial charge in [-0.2, -0.15) is 0 Å². The summed E-state index contributed by atoms with van der Waals surface area (Å²) in [5.41, 5.74) is 0.645. The highest BCUT2D eigenvalue weighted by molar-refractivity contribution is 7.93. The lowest BCUT2D eigenvalue weighted by Crippen LogP contribution is -2.54. The van der Waals surface area contributed by atoms with Gasteiger partial charge in [-0.3, -0.25) is 9.69 Å². The van der Waals surface area contributed by atoms with E-state index in [0.717, 1.165) is 0 Å². The Morgan fingerprint density at radius 3 is 2.14 bits per heavy atom. The molecule has 156 valence electrons. The summed E-state index contributed by atoms with van der Waals surface area (Å²) in [6.07, 6.45) is 0. The van der Waals surface area contributed by atoms with E-state index in [2.05, 4.69) is 0 Å². The highest BCUT2D eigenvalue weighted by Crippen LogP contribution is 2.29. The summed E-state index contributed by atoms with van der Waals surface area (Å²) < 4.78 is 29.6. The number of ether oxygens (including phenoxy) is 1. The largest absolute Gasteiger partial charge is 0.468 e. The van der Waals surface area contributed by atoms with Crippen LogP contribution >= 0.6 is 11.6 Å². The van der Waals surface area contributed by atoms with Crippen molar-refractivity contribution < 1.29 is 22.7 Å². The standard InChI is InChI=1S/C19H27ClN2O5S/c1-13(2)28(25,26)14(3)18(23)22-11-9-21(10-12-22)17(19(24)27-4)15-7-5-6-8-16(15)20/h5-8,13-14,17H,9-12H2,1-4H3. The second-order valence-corrected chi connectivity index (χ2v) is 10.3. The van der Waals surface area contributed by atoms with Gasteiger partial charge in [0, 0.05) is 31.2 Å². The van der Waals surface area contributed by atoms with Crippen LogP contribution in [0.2, 0.25) is 5.02 Å². The Hall–Kier alpha value is -1.64. The van der Waals surface area contributed by atoms with Crippen LogP contribution in [0.5, 0.6) is 0 Å². The van der Waals surface area contributed by atoms with E-state index in [1.165, 1.54) is 14.0 Å². The van der Waals surface area contributed by atoms with E-state index >= 15 is 0 Å². The van der Waals surface area contributed by atoms with Gasteiger partial charge in [0.1, 0.15) is 11.3 Å². The van der Waals surface area contributed by atoms with Crippen molar-refractivity contribution in [3.8, 4) is 0 Å². The van der Waals surface area contributed by atoms with Gasteiger partial charge in [0.2, 0.25) is 5.91 Å². The summed E-state index contributed by atoms with van der Waals surface area (Å²) in [5.74, 6) is -0.829. The molecule has 1 heterocycles. The van der Waals surface area contributed by atoms with E-state index in [4.69, 9.17) is 16.3 Å². The van der Waals surface area contributed by atoms with Crippen molar-refractivity contribution in [2.75, 3.05) is 33.3 Å². The third-order valence-corrected chi connectivity index (χ3v) is 7.96. The van der Waals surface area contributed by atoms with E-state index in [0.29, 0.717) is 36.8 Å². The lowest BCUT2D eigenvalue weighted by Gasteiger charge is -2.39. The molecule has 1 aliphatic rings. The number of rotatable bonds is 6. The number of piperazine rings is 1. The fourth-order valence-corrected chi connectivity index (χ4v) is 4.77. The first-order valence-electron chi connectivity index (χ1n) is 9.19. The molecule has 1 aromatic rings. The molecule has 9 heteroatoms. The molecule has 0 bridgehead atoms. The monoisotopic (exact) mass is 430 g/mol. The topological polar surface area (TPSA) is 84.0 Å². The smallest absolute Gasteiger partial charge is 0.327 e. The Bertz CT molecular complexity index is 819. The Kier molecular flexibility index (Phi) is 7.47. The molecule has 7 nitrogen and oxygen atoms in total. The molecule has 0 aromatic heterocycles. The van der Waals surface area contributed by atoms with Gasteiger partial charge < -0.3 is 9.64 Å². The predicted molar refractivity (Wildman–Crippen MR) is 108 cm³/mol. The zero-order chi connectivity index (χ0) is 21.1. The number of carbonyl (C=O) groups is 2. The molecule has 0 spiro atoms. The summed E-state index contributed by atoms with van der Waals surface area (Å²) in [7, 11) is -2.19. The normalized spacial score (nSPS) is 18.0. The van der Waals surface area contributed by atoms with Crippen LogP contribution in [0.25, 0.3) is 0 Å². The van der Waals surface area contributed by atoms with Crippen molar-refractivity contribution in [3.05, 3.63) is 34.9 Å². The Morgan fingerprint density at radius 1 is 1.07 bits per heavy atom. The number of carbonyl (C=O) groups excluding carboxylic acids is 2. The molecule has 0 N–H and O–H groups in total. The van der Waals surface area contributed by atoms with Crippen LogP contribution in [0.1, 0.15) is 32.4 Å². The van der Waals surface area contributed by atoms with Crippen molar-refractivity contribution in [3.63, 3.8) is 0 Å². The Morgan fingerprint density at radius 2 is 1.64 bits per heavy atom. The van der Waals surface area contributed by atoms with E-state index in [9.17, 15) is 18.0 Å². The number of hydrogen-bond donors (Lipinski definition) is 0. The Labute approximate surface area is 171 Å². The summed E-state index contributed by atoms with van der Waals surface area (Å²) >= 11 is 6.27. The zero-order valence-electron chi connectivity index (χ0n) is 16.6. The second kappa shape index (κ2) is 9.24. The van der Waals surface area contributed by atoms with Gasteiger partial charge in [-0.05, 0) is 32.4 Å². The first-order valence-corrected chi connectivity index (χ1v) is 11.2. The van der Waals surface area contributed by atoms with Crippen LogP contribution < -0.4 is 0 Å². The van der Waals surface area contributed by atoms with Gasteiger partial charge in [-0.25, -0.2) is 13.2 Å². The van der Waals surface area contributed by atoms with Crippen molar-refractivity contribution >= 4 is 33.3 Å². The van der Waals surface area contributed by atoms with Crippen molar-refractivity contribution in [2.45, 2.75) is 37.3 Å². The fourth-order valence-electron chi connectivity index (χ4n) is 3.29. The summed E-state index contributed by atoms with van der Waals surface area (Å²) in [6.45, 7) is 6.05. The molecular weight excluding hydrogens is 404 g/mol. The van der Waals surface area contributed by atoms with Crippen LogP contribution in [0.3, 0.4) is 0 Å². The molecule has 1 saturated heterocycles. The maximum Gasteiger partial charge on any atom is 0.327 e. The van der Waals surface area contributed by atoms with Crippen LogP contribution in [0, 0.1) is 0 Å². The highest BCUT2D eigenvalue weighted by Gasteiger charge is 2.37. The number of benzene rings is 1. The molecule has 1 aromatic carbocycles. The molecular formula is C19H27ClN2O5S. The number of halogens is 1. The molecule has 2 rings (SSSR count). The average molecular weight is 431 g/mol. The van der Waals surface area contributed by atoms with Crippen LogP contribution in [-0.2, 0) is 24.2 Å². The minimum Gasteiger partial charge on any atom is -0.468 e. The number of hydrogen-bond acceptors (Lipinski definition) is 6. The number of esters is 1. The second-order valence-electron chi connectivity index (χ2n) is 7.09. The van der Waals surface area contributed by atoms with Crippen molar-refractivity contribution in [1.29, 1.82) is 0 Å². The maximum atomic E-state index is 12.7. The fraction of sp³-hybridized carbons (Fsp3) is 0.579. The van der Waals surface area contributed by atoms with Crippen LogP contribution in [0.4, 0.5) is 0 Å². The highest BCUT2D eigenvalue weighted by atomic mass is 35.5. The summed E-state index contributed by atoms with van der Waals surface area (Å²) in [4.78, 5) is 28.5.